The van der Waals surface area contributed by atoms with Crippen LogP contribution in [0.25, 0.3) is 0 Å². The second-order valence-corrected chi connectivity index (χ2v) is 5.63. The van der Waals surface area contributed by atoms with Crippen molar-refractivity contribution in [2.24, 2.45) is 0 Å². The minimum Gasteiger partial charge on any atom is -0.315 e. The van der Waals surface area contributed by atoms with Crippen molar-refractivity contribution in [2.75, 3.05) is 40.8 Å². The number of hydrogen-bond acceptors (Lipinski definition) is 3. The molecule has 1 fully saturated rings. The number of rotatable bonds is 8. The highest BCUT2D eigenvalue weighted by Crippen LogP contribution is 2.15. The van der Waals surface area contributed by atoms with Gasteiger partial charge in [0, 0.05) is 31.7 Å². The Labute approximate surface area is 113 Å². The summed E-state index contributed by atoms with van der Waals surface area (Å²) in [4.78, 5) is 4.97. The summed E-state index contributed by atoms with van der Waals surface area (Å²) in [5.74, 6) is 0. The minimum atomic E-state index is 0.626. The molecule has 2 unspecified atom stereocenters. The second-order valence-electron chi connectivity index (χ2n) is 5.63. The van der Waals surface area contributed by atoms with Gasteiger partial charge >= 0.3 is 0 Å². The molecule has 1 aliphatic heterocycles. The number of piperazine rings is 1. The van der Waals surface area contributed by atoms with Crippen LogP contribution in [0.2, 0.25) is 0 Å². The molecule has 1 aliphatic rings. The van der Waals surface area contributed by atoms with Crippen molar-refractivity contribution in [3.63, 3.8) is 0 Å². The molecule has 1 saturated heterocycles. The van der Waals surface area contributed by atoms with Crippen LogP contribution >= 0.6 is 0 Å². The Bertz CT molecular complexity index is 230. The number of hydrogen-bond donors (Lipinski definition) is 1. The zero-order valence-corrected chi connectivity index (χ0v) is 12.5. The van der Waals surface area contributed by atoms with Crippen LogP contribution in [0.1, 0.15) is 32.1 Å². The summed E-state index contributed by atoms with van der Waals surface area (Å²) < 4.78 is 0. The second kappa shape index (κ2) is 8.68. The molecule has 0 amide bonds. The lowest BCUT2D eigenvalue weighted by molar-refractivity contribution is 0.0866. The first kappa shape index (κ1) is 15.7. The predicted octanol–water partition coefficient (Wildman–Crippen LogP) is 1.96. The van der Waals surface area contributed by atoms with Crippen LogP contribution < -0.4 is 5.32 Å². The van der Waals surface area contributed by atoms with E-state index >= 15 is 0 Å². The molecular formula is C15H31N3. The zero-order chi connectivity index (χ0) is 13.4. The Balaban J connectivity index is 2.31. The van der Waals surface area contributed by atoms with Crippen LogP contribution in [0.3, 0.4) is 0 Å². The van der Waals surface area contributed by atoms with Crippen molar-refractivity contribution in [1.82, 2.24) is 15.1 Å². The fourth-order valence-electron chi connectivity index (χ4n) is 2.84. The Morgan fingerprint density at radius 2 is 2.06 bits per heavy atom. The van der Waals surface area contributed by atoms with Gasteiger partial charge in [-0.2, -0.15) is 0 Å². The van der Waals surface area contributed by atoms with E-state index in [0.29, 0.717) is 12.1 Å². The van der Waals surface area contributed by atoms with E-state index in [1.807, 2.05) is 6.08 Å². The Hall–Kier alpha value is -0.380. The molecule has 0 bridgehead atoms. The maximum absolute atomic E-state index is 3.78. The third kappa shape index (κ3) is 5.09. The van der Waals surface area contributed by atoms with E-state index in [0.717, 1.165) is 6.42 Å². The number of likely N-dealkylation sites (N-methyl/N-ethyl adjacent to an activating group) is 3. The van der Waals surface area contributed by atoms with Crippen LogP contribution in [-0.2, 0) is 0 Å². The highest BCUT2D eigenvalue weighted by molar-refractivity contribution is 4.88. The maximum atomic E-state index is 3.78. The molecular weight excluding hydrogens is 222 g/mol. The van der Waals surface area contributed by atoms with Crippen molar-refractivity contribution >= 4 is 0 Å². The summed E-state index contributed by atoms with van der Waals surface area (Å²) in [6, 6.07) is 1.29. The highest BCUT2D eigenvalue weighted by Gasteiger charge is 2.28. The molecule has 0 aromatic heterocycles. The van der Waals surface area contributed by atoms with Gasteiger partial charge in [-0.15, -0.1) is 6.58 Å². The third-order valence-corrected chi connectivity index (χ3v) is 4.16. The van der Waals surface area contributed by atoms with Gasteiger partial charge in [-0.05, 0) is 40.4 Å². The number of nitrogens with zero attached hydrogens (tertiary/aromatic N) is 2. The summed E-state index contributed by atoms with van der Waals surface area (Å²) in [6.45, 7) is 7.35. The van der Waals surface area contributed by atoms with Gasteiger partial charge in [0.1, 0.15) is 0 Å². The molecule has 1 N–H and O–H groups in total. The molecule has 106 valence electrons. The van der Waals surface area contributed by atoms with Crippen molar-refractivity contribution < 1.29 is 0 Å². The number of allylic oxidation sites excluding steroid dienone is 1. The molecule has 3 nitrogen and oxygen atoms in total. The minimum absolute atomic E-state index is 0.626. The molecule has 2 atom stereocenters. The number of unbranched alkanes of at least 4 members (excludes halogenated alkanes) is 3. The van der Waals surface area contributed by atoms with Crippen molar-refractivity contribution in [3.05, 3.63) is 12.7 Å². The van der Waals surface area contributed by atoms with E-state index in [9.17, 15) is 0 Å². The molecule has 0 saturated carbocycles. The monoisotopic (exact) mass is 253 g/mol. The summed E-state index contributed by atoms with van der Waals surface area (Å²) in [5.41, 5.74) is 0. The van der Waals surface area contributed by atoms with Gasteiger partial charge in [-0.25, -0.2) is 0 Å². The van der Waals surface area contributed by atoms with Gasteiger partial charge in [0.05, 0.1) is 0 Å². The van der Waals surface area contributed by atoms with Crippen LogP contribution in [0.5, 0.6) is 0 Å². The van der Waals surface area contributed by atoms with E-state index < -0.39 is 0 Å². The topological polar surface area (TPSA) is 18.5 Å². The predicted molar refractivity (Wildman–Crippen MR) is 80.0 cm³/mol. The summed E-state index contributed by atoms with van der Waals surface area (Å²) in [7, 11) is 6.60. The average molecular weight is 253 g/mol. The molecule has 1 rings (SSSR count). The summed E-state index contributed by atoms with van der Waals surface area (Å²) in [5, 5.41) is 3.53. The Morgan fingerprint density at radius 1 is 1.28 bits per heavy atom. The Kier molecular flexibility index (Phi) is 7.56. The molecule has 0 spiro atoms. The first-order chi connectivity index (χ1) is 8.69. The highest BCUT2D eigenvalue weighted by atomic mass is 15.3. The number of nitrogens with one attached hydrogen (secondary N) is 1. The third-order valence-electron chi connectivity index (χ3n) is 4.16. The molecule has 0 aliphatic carbocycles. The smallest absolute Gasteiger partial charge is 0.0373 e. The van der Waals surface area contributed by atoms with E-state index in [1.165, 1.54) is 45.3 Å². The first-order valence-corrected chi connectivity index (χ1v) is 7.36. The quantitative estimate of drug-likeness (QED) is 0.527. The SMILES string of the molecule is C=CCCCCCC(NC)C1CN(C)CCN1C. The normalized spacial score (nSPS) is 24.1. The van der Waals surface area contributed by atoms with Crippen molar-refractivity contribution in [3.8, 4) is 0 Å². The van der Waals surface area contributed by atoms with Gasteiger partial charge in [-0.1, -0.05) is 18.9 Å². The van der Waals surface area contributed by atoms with Crippen LogP contribution in [0.4, 0.5) is 0 Å². The van der Waals surface area contributed by atoms with Gasteiger partial charge in [-0.3, -0.25) is 4.90 Å². The van der Waals surface area contributed by atoms with Gasteiger partial charge < -0.3 is 10.2 Å². The molecule has 0 aromatic rings. The van der Waals surface area contributed by atoms with Crippen LogP contribution in [0.15, 0.2) is 12.7 Å². The van der Waals surface area contributed by atoms with Crippen molar-refractivity contribution in [2.45, 2.75) is 44.2 Å². The lowest BCUT2D eigenvalue weighted by atomic mass is 9.98. The standard InChI is InChI=1S/C15H31N3/c1-5-6-7-8-9-10-14(16-2)15-13-17(3)11-12-18(15)4/h5,14-16H,1,6-13H2,2-4H3. The molecule has 18 heavy (non-hydrogen) atoms. The fraction of sp³-hybridized carbons (Fsp3) is 0.867. The molecule has 3 heteroatoms. The van der Waals surface area contributed by atoms with Gasteiger partial charge in [0.25, 0.3) is 0 Å². The van der Waals surface area contributed by atoms with Crippen LogP contribution in [0, 0.1) is 0 Å². The van der Waals surface area contributed by atoms with E-state index in [1.54, 1.807) is 0 Å². The van der Waals surface area contributed by atoms with Gasteiger partial charge in [0.15, 0.2) is 0 Å². The van der Waals surface area contributed by atoms with Gasteiger partial charge in [0.2, 0.25) is 0 Å². The first-order valence-electron chi connectivity index (χ1n) is 7.36. The Morgan fingerprint density at radius 3 is 2.72 bits per heavy atom. The fourth-order valence-corrected chi connectivity index (χ4v) is 2.84. The average Bonchev–Trinajstić information content (AvgIpc) is 2.37. The zero-order valence-electron chi connectivity index (χ0n) is 12.5. The summed E-state index contributed by atoms with van der Waals surface area (Å²) in [6.07, 6.45) is 8.43. The van der Waals surface area contributed by atoms with E-state index in [4.69, 9.17) is 0 Å². The molecule has 1 heterocycles. The van der Waals surface area contributed by atoms with E-state index in [2.05, 4.69) is 42.8 Å². The van der Waals surface area contributed by atoms with Crippen molar-refractivity contribution in [1.29, 1.82) is 0 Å². The molecule has 0 radical (unpaired) electrons. The lowest BCUT2D eigenvalue weighted by Gasteiger charge is -2.42. The van der Waals surface area contributed by atoms with E-state index in [-0.39, 0.29) is 0 Å². The largest absolute Gasteiger partial charge is 0.315 e. The van der Waals surface area contributed by atoms with Crippen LogP contribution in [-0.4, -0.2) is 62.7 Å². The maximum Gasteiger partial charge on any atom is 0.0373 e. The summed E-state index contributed by atoms with van der Waals surface area (Å²) >= 11 is 0. The lowest BCUT2D eigenvalue weighted by Crippen LogP contribution is -2.58. The molecule has 0 aromatic carbocycles.